The average molecular weight is 380 g/mol. The minimum atomic E-state index is -0.874. The van der Waals surface area contributed by atoms with Gasteiger partial charge in [-0.3, -0.25) is 14.5 Å². The first-order valence-corrected chi connectivity index (χ1v) is 8.79. The topological polar surface area (TPSA) is 50.5 Å². The molecule has 0 unspecified atom stereocenters. The van der Waals surface area contributed by atoms with Gasteiger partial charge in [-0.1, -0.05) is 18.2 Å². The van der Waals surface area contributed by atoms with Crippen molar-refractivity contribution in [3.8, 4) is 0 Å². The predicted octanol–water partition coefficient (Wildman–Crippen LogP) is 3.64. The fraction of sp³-hybridized carbons (Fsp3) is 0.190. The number of halogens is 2. The lowest BCUT2D eigenvalue weighted by molar-refractivity contribution is -0.121. The molecule has 142 valence electrons. The van der Waals surface area contributed by atoms with Crippen LogP contribution in [0.3, 0.4) is 0 Å². The van der Waals surface area contributed by atoms with Crippen LogP contribution >= 0.6 is 0 Å². The van der Waals surface area contributed by atoms with Gasteiger partial charge >= 0.3 is 0 Å². The Kier molecular flexibility index (Phi) is 4.50. The summed E-state index contributed by atoms with van der Waals surface area (Å²) in [6.07, 6.45) is 4.01. The molecule has 3 aromatic rings. The Morgan fingerprint density at radius 1 is 1.14 bits per heavy atom. The lowest BCUT2D eigenvalue weighted by atomic mass is 9.97. The number of amides is 1. The Hall–Kier alpha value is -3.35. The number of nitrogens with zero attached hydrogens (tertiary/aromatic N) is 4. The molecule has 28 heavy (non-hydrogen) atoms. The second-order valence-corrected chi connectivity index (χ2v) is 6.74. The number of carbonyl (C=O) groups is 1. The van der Waals surface area contributed by atoms with E-state index in [2.05, 4.69) is 10.1 Å². The third kappa shape index (κ3) is 3.19. The Bertz CT molecular complexity index is 1150. The molecule has 2 heterocycles. The zero-order valence-electron chi connectivity index (χ0n) is 15.5. The molecule has 4 rings (SSSR count). The van der Waals surface area contributed by atoms with Gasteiger partial charge in [0.1, 0.15) is 5.71 Å². The van der Waals surface area contributed by atoms with E-state index in [-0.39, 0.29) is 5.91 Å². The molecule has 0 spiro atoms. The van der Waals surface area contributed by atoms with Crippen LogP contribution in [-0.2, 0) is 11.3 Å². The maximum absolute atomic E-state index is 13.5. The molecule has 0 saturated carbocycles. The molecule has 5 nitrogen and oxygen atoms in total. The molecule has 0 saturated heterocycles. The molecule has 1 aliphatic rings. The molecular formula is C21H18F2N4O. The number of fused-ring (bicyclic) bond motifs is 1. The molecule has 1 aromatic heterocycles. The van der Waals surface area contributed by atoms with Crippen LogP contribution in [0.2, 0.25) is 0 Å². The van der Waals surface area contributed by atoms with Gasteiger partial charge in [-0.2, -0.15) is 5.10 Å². The van der Waals surface area contributed by atoms with Gasteiger partial charge in [0.25, 0.3) is 5.91 Å². The molecule has 0 radical (unpaired) electrons. The minimum absolute atomic E-state index is 0.101. The lowest BCUT2D eigenvalue weighted by Gasteiger charge is -2.22. The van der Waals surface area contributed by atoms with Gasteiger partial charge in [-0.05, 0) is 34.9 Å². The summed E-state index contributed by atoms with van der Waals surface area (Å²) >= 11 is 0. The summed E-state index contributed by atoms with van der Waals surface area (Å²) in [6, 6.07) is 9.77. The van der Waals surface area contributed by atoms with Crippen molar-refractivity contribution in [3.63, 3.8) is 0 Å². The van der Waals surface area contributed by atoms with Gasteiger partial charge in [0.15, 0.2) is 11.6 Å². The summed E-state index contributed by atoms with van der Waals surface area (Å²) in [7, 11) is 3.32. The highest BCUT2D eigenvalue weighted by Gasteiger charge is 2.23. The van der Waals surface area contributed by atoms with Gasteiger partial charge < -0.3 is 4.90 Å². The van der Waals surface area contributed by atoms with Crippen LogP contribution in [0.15, 0.2) is 53.8 Å². The molecule has 0 atom stereocenters. The van der Waals surface area contributed by atoms with E-state index in [1.165, 1.54) is 11.0 Å². The van der Waals surface area contributed by atoms with E-state index in [4.69, 9.17) is 0 Å². The first-order valence-electron chi connectivity index (χ1n) is 8.79. The fourth-order valence-electron chi connectivity index (χ4n) is 3.36. The molecular weight excluding hydrogens is 362 g/mol. The molecule has 0 bridgehead atoms. The van der Waals surface area contributed by atoms with E-state index in [9.17, 15) is 13.6 Å². The third-order valence-electron chi connectivity index (χ3n) is 4.88. The Labute approximate surface area is 160 Å². The summed E-state index contributed by atoms with van der Waals surface area (Å²) < 4.78 is 28.4. The standard InChI is InChI=1S/C21H18F2N4O/c1-24-19-8-16(12-26(2)21(19)28)14-4-5-15-10-25-27(20(15)9-14)11-13-3-6-17(22)18(23)7-13/h3-7,9-10,12H,8,11H2,1-2H3. The van der Waals surface area contributed by atoms with Crippen LogP contribution in [0.1, 0.15) is 17.5 Å². The minimum Gasteiger partial charge on any atom is -0.317 e. The Balaban J connectivity index is 1.71. The number of rotatable bonds is 3. The predicted molar refractivity (Wildman–Crippen MR) is 104 cm³/mol. The van der Waals surface area contributed by atoms with Crippen molar-refractivity contribution in [1.29, 1.82) is 0 Å². The monoisotopic (exact) mass is 380 g/mol. The number of benzene rings is 2. The molecule has 0 fully saturated rings. The molecule has 7 heteroatoms. The van der Waals surface area contributed by atoms with E-state index < -0.39 is 11.6 Å². The summed E-state index contributed by atoms with van der Waals surface area (Å²) in [4.78, 5) is 17.7. The molecule has 0 aliphatic carbocycles. The smallest absolute Gasteiger partial charge is 0.271 e. The van der Waals surface area contributed by atoms with Gasteiger partial charge in [-0.25, -0.2) is 8.78 Å². The number of hydrogen-bond acceptors (Lipinski definition) is 3. The SMILES string of the molecule is CN=C1CC(c2ccc3cnn(Cc4ccc(F)c(F)c4)c3c2)=CN(C)C1=O. The van der Waals surface area contributed by atoms with Crippen LogP contribution in [0.5, 0.6) is 0 Å². The van der Waals surface area contributed by atoms with Crippen LogP contribution < -0.4 is 0 Å². The van der Waals surface area contributed by atoms with Crippen molar-refractivity contribution in [2.45, 2.75) is 13.0 Å². The van der Waals surface area contributed by atoms with E-state index in [0.717, 1.165) is 28.1 Å². The van der Waals surface area contributed by atoms with Crippen molar-refractivity contribution < 1.29 is 13.6 Å². The second-order valence-electron chi connectivity index (χ2n) is 6.74. The highest BCUT2D eigenvalue weighted by atomic mass is 19.2. The highest BCUT2D eigenvalue weighted by molar-refractivity contribution is 6.41. The molecule has 0 N–H and O–H groups in total. The summed E-state index contributed by atoms with van der Waals surface area (Å²) in [5.74, 6) is -1.84. The van der Waals surface area contributed by atoms with E-state index in [1.54, 1.807) is 31.0 Å². The van der Waals surface area contributed by atoms with Crippen molar-refractivity contribution in [3.05, 3.63) is 71.6 Å². The maximum Gasteiger partial charge on any atom is 0.271 e. The maximum atomic E-state index is 13.5. The number of carbonyl (C=O) groups excluding carboxylic acids is 1. The Morgan fingerprint density at radius 2 is 1.96 bits per heavy atom. The number of allylic oxidation sites excluding steroid dienone is 1. The first kappa shape index (κ1) is 18.0. The summed E-state index contributed by atoms with van der Waals surface area (Å²) in [6.45, 7) is 0.323. The number of aromatic nitrogens is 2. The van der Waals surface area contributed by atoms with Crippen molar-refractivity contribution in [2.75, 3.05) is 14.1 Å². The summed E-state index contributed by atoms with van der Waals surface area (Å²) in [5, 5.41) is 5.32. The van der Waals surface area contributed by atoms with Crippen LogP contribution in [0, 0.1) is 11.6 Å². The van der Waals surface area contributed by atoms with E-state index in [1.807, 2.05) is 24.4 Å². The van der Waals surface area contributed by atoms with Gasteiger partial charge in [0.05, 0.1) is 18.3 Å². The average Bonchev–Trinajstić information content (AvgIpc) is 3.09. The van der Waals surface area contributed by atoms with Crippen molar-refractivity contribution >= 4 is 28.1 Å². The molecule has 1 aliphatic heterocycles. The van der Waals surface area contributed by atoms with Crippen LogP contribution in [-0.4, -0.2) is 40.4 Å². The van der Waals surface area contributed by atoms with E-state index in [0.29, 0.717) is 24.2 Å². The normalized spacial score (nSPS) is 16.1. The number of aliphatic imine (C=N–C) groups is 1. The Morgan fingerprint density at radius 3 is 2.71 bits per heavy atom. The zero-order valence-corrected chi connectivity index (χ0v) is 15.5. The third-order valence-corrected chi connectivity index (χ3v) is 4.88. The quantitative estimate of drug-likeness (QED) is 0.697. The molecule has 1 amide bonds. The fourth-order valence-corrected chi connectivity index (χ4v) is 3.36. The lowest BCUT2D eigenvalue weighted by Crippen LogP contribution is -2.33. The van der Waals surface area contributed by atoms with E-state index >= 15 is 0 Å². The largest absolute Gasteiger partial charge is 0.317 e. The van der Waals surface area contributed by atoms with Crippen molar-refractivity contribution in [1.82, 2.24) is 14.7 Å². The summed E-state index contributed by atoms with van der Waals surface area (Å²) in [5.41, 5.74) is 3.94. The highest BCUT2D eigenvalue weighted by Crippen LogP contribution is 2.27. The van der Waals surface area contributed by atoms with Gasteiger partial charge in [-0.15, -0.1) is 0 Å². The van der Waals surface area contributed by atoms with Gasteiger partial charge in [0.2, 0.25) is 0 Å². The number of hydrogen-bond donors (Lipinski definition) is 0. The van der Waals surface area contributed by atoms with Gasteiger partial charge in [0, 0.05) is 32.1 Å². The zero-order chi connectivity index (χ0) is 19.8. The van der Waals surface area contributed by atoms with Crippen LogP contribution in [0.25, 0.3) is 16.5 Å². The van der Waals surface area contributed by atoms with Crippen LogP contribution in [0.4, 0.5) is 8.78 Å². The first-order chi connectivity index (χ1) is 13.5. The second kappa shape index (κ2) is 6.99. The molecule has 2 aromatic carbocycles. The van der Waals surface area contributed by atoms with Crippen molar-refractivity contribution in [2.24, 2.45) is 4.99 Å².